The van der Waals surface area contributed by atoms with Crippen LogP contribution in [0.1, 0.15) is 36.2 Å². The maximum absolute atomic E-state index is 12.1. The largest absolute Gasteiger partial charge is 0.409 e. The number of aryl methyl sites for hydroxylation is 1. The molecule has 0 aliphatic carbocycles. The summed E-state index contributed by atoms with van der Waals surface area (Å²) in [5.41, 5.74) is 7.12. The molecule has 0 aliphatic heterocycles. The highest BCUT2D eigenvalue weighted by Gasteiger charge is 2.17. The quantitative estimate of drug-likeness (QED) is 0.320. The van der Waals surface area contributed by atoms with Crippen molar-refractivity contribution in [1.29, 1.82) is 0 Å². The summed E-state index contributed by atoms with van der Waals surface area (Å²) in [6.45, 7) is 3.85. The van der Waals surface area contributed by atoms with Crippen LogP contribution in [0.4, 0.5) is 0 Å². The molecule has 0 fully saturated rings. The first-order valence-corrected chi connectivity index (χ1v) is 6.00. The Morgan fingerprint density at radius 3 is 2.67 bits per heavy atom. The SMILES string of the molecule is CCc1ccccc1C(=O)NC(CC)/C(N)=N/O. The predicted molar refractivity (Wildman–Crippen MR) is 70.8 cm³/mol. The average Bonchev–Trinajstić information content (AvgIpc) is 2.43. The first kappa shape index (κ1) is 14.0. The number of nitrogens with two attached hydrogens (primary N) is 1. The topological polar surface area (TPSA) is 87.7 Å². The molecule has 0 heterocycles. The van der Waals surface area contributed by atoms with Gasteiger partial charge in [0.25, 0.3) is 5.91 Å². The highest BCUT2D eigenvalue weighted by Crippen LogP contribution is 2.09. The van der Waals surface area contributed by atoms with Crippen molar-refractivity contribution in [3.8, 4) is 0 Å². The van der Waals surface area contributed by atoms with Crippen LogP contribution in [0.2, 0.25) is 0 Å². The van der Waals surface area contributed by atoms with Crippen molar-refractivity contribution in [1.82, 2.24) is 5.32 Å². The summed E-state index contributed by atoms with van der Waals surface area (Å²) in [7, 11) is 0. The summed E-state index contributed by atoms with van der Waals surface area (Å²) in [6, 6.07) is 6.95. The van der Waals surface area contributed by atoms with Crippen molar-refractivity contribution >= 4 is 11.7 Å². The van der Waals surface area contributed by atoms with E-state index in [1.165, 1.54) is 0 Å². The second-order valence-electron chi connectivity index (χ2n) is 3.97. The summed E-state index contributed by atoms with van der Waals surface area (Å²) < 4.78 is 0. The molecule has 4 N–H and O–H groups in total. The molecule has 5 nitrogen and oxygen atoms in total. The van der Waals surface area contributed by atoms with Gasteiger partial charge in [0.15, 0.2) is 5.84 Å². The van der Waals surface area contributed by atoms with E-state index in [9.17, 15) is 4.79 Å². The summed E-state index contributed by atoms with van der Waals surface area (Å²) >= 11 is 0. The van der Waals surface area contributed by atoms with E-state index in [1.807, 2.05) is 32.0 Å². The maximum atomic E-state index is 12.1. The molecule has 18 heavy (non-hydrogen) atoms. The summed E-state index contributed by atoms with van der Waals surface area (Å²) in [6.07, 6.45) is 1.35. The standard InChI is InChI=1S/C13H19N3O2/c1-3-9-7-5-6-8-10(9)13(17)15-11(4-2)12(14)16-18/h5-8,11,18H,3-4H2,1-2H3,(H2,14,16)(H,15,17). The number of hydrogen-bond acceptors (Lipinski definition) is 3. The van der Waals surface area contributed by atoms with Gasteiger partial charge >= 0.3 is 0 Å². The van der Waals surface area contributed by atoms with Crippen LogP contribution in [0.25, 0.3) is 0 Å². The highest BCUT2D eigenvalue weighted by atomic mass is 16.4. The molecular formula is C13H19N3O2. The average molecular weight is 249 g/mol. The number of amides is 1. The van der Waals surface area contributed by atoms with Crippen molar-refractivity contribution in [3.63, 3.8) is 0 Å². The molecule has 1 aromatic rings. The minimum absolute atomic E-state index is 0.0137. The molecule has 1 rings (SSSR count). The van der Waals surface area contributed by atoms with E-state index in [-0.39, 0.29) is 11.7 Å². The highest BCUT2D eigenvalue weighted by molar-refractivity contribution is 5.99. The van der Waals surface area contributed by atoms with E-state index in [4.69, 9.17) is 10.9 Å². The van der Waals surface area contributed by atoms with Gasteiger partial charge in [-0.3, -0.25) is 4.79 Å². The molecule has 0 radical (unpaired) electrons. The van der Waals surface area contributed by atoms with Gasteiger partial charge in [0.2, 0.25) is 0 Å². The van der Waals surface area contributed by atoms with Crippen LogP contribution in [0.15, 0.2) is 29.4 Å². The van der Waals surface area contributed by atoms with Gasteiger partial charge in [0.05, 0.1) is 6.04 Å². The van der Waals surface area contributed by atoms with Crippen molar-refractivity contribution in [3.05, 3.63) is 35.4 Å². The first-order chi connectivity index (χ1) is 8.63. The normalized spacial score (nSPS) is 13.1. The number of oxime groups is 1. The Bertz CT molecular complexity index is 444. The first-order valence-electron chi connectivity index (χ1n) is 6.00. The molecule has 0 aliphatic rings. The fourth-order valence-electron chi connectivity index (χ4n) is 1.74. The molecule has 0 spiro atoms. The number of carbonyl (C=O) groups excluding carboxylic acids is 1. The van der Waals surface area contributed by atoms with E-state index < -0.39 is 6.04 Å². The molecule has 0 bridgehead atoms. The van der Waals surface area contributed by atoms with Crippen molar-refractivity contribution < 1.29 is 10.0 Å². The van der Waals surface area contributed by atoms with Gasteiger partial charge in [-0.15, -0.1) is 0 Å². The molecule has 98 valence electrons. The van der Waals surface area contributed by atoms with Gasteiger partial charge in [-0.1, -0.05) is 37.2 Å². The Labute approximate surface area is 107 Å². The third-order valence-electron chi connectivity index (χ3n) is 2.83. The summed E-state index contributed by atoms with van der Waals surface area (Å²) in [5, 5.41) is 14.3. The van der Waals surface area contributed by atoms with E-state index in [0.717, 1.165) is 12.0 Å². The smallest absolute Gasteiger partial charge is 0.252 e. The van der Waals surface area contributed by atoms with Crippen LogP contribution in [0, 0.1) is 0 Å². The van der Waals surface area contributed by atoms with Crippen LogP contribution < -0.4 is 11.1 Å². The number of rotatable bonds is 5. The lowest BCUT2D eigenvalue weighted by atomic mass is 10.0. The van der Waals surface area contributed by atoms with Gasteiger partial charge < -0.3 is 16.3 Å². The summed E-state index contributed by atoms with van der Waals surface area (Å²) in [4.78, 5) is 12.1. The van der Waals surface area contributed by atoms with E-state index in [1.54, 1.807) is 6.07 Å². The van der Waals surface area contributed by atoms with Crippen molar-refractivity contribution in [2.75, 3.05) is 0 Å². The lowest BCUT2D eigenvalue weighted by Crippen LogP contribution is -2.44. The predicted octanol–water partition coefficient (Wildman–Crippen LogP) is 1.50. The zero-order valence-corrected chi connectivity index (χ0v) is 10.7. The number of nitrogens with zero attached hydrogens (tertiary/aromatic N) is 1. The third-order valence-corrected chi connectivity index (χ3v) is 2.83. The minimum atomic E-state index is -0.451. The number of carbonyl (C=O) groups is 1. The van der Waals surface area contributed by atoms with Crippen LogP contribution in [-0.4, -0.2) is 23.0 Å². The molecule has 1 atom stereocenters. The molecule has 0 saturated heterocycles. The number of amidine groups is 1. The molecule has 0 saturated carbocycles. The number of nitrogens with one attached hydrogen (secondary N) is 1. The molecule has 1 amide bonds. The minimum Gasteiger partial charge on any atom is -0.409 e. The van der Waals surface area contributed by atoms with Crippen LogP contribution in [0.5, 0.6) is 0 Å². The Morgan fingerprint density at radius 2 is 2.11 bits per heavy atom. The van der Waals surface area contributed by atoms with Gasteiger partial charge in [0.1, 0.15) is 0 Å². The fourth-order valence-corrected chi connectivity index (χ4v) is 1.74. The van der Waals surface area contributed by atoms with E-state index in [2.05, 4.69) is 10.5 Å². The Balaban J connectivity index is 2.87. The number of hydrogen-bond donors (Lipinski definition) is 3. The van der Waals surface area contributed by atoms with Crippen LogP contribution in [0.3, 0.4) is 0 Å². The molecule has 1 unspecified atom stereocenters. The maximum Gasteiger partial charge on any atom is 0.252 e. The van der Waals surface area contributed by atoms with Crippen molar-refractivity contribution in [2.45, 2.75) is 32.7 Å². The second-order valence-corrected chi connectivity index (χ2v) is 3.97. The van der Waals surface area contributed by atoms with Crippen LogP contribution in [-0.2, 0) is 6.42 Å². The third kappa shape index (κ3) is 3.23. The van der Waals surface area contributed by atoms with Crippen LogP contribution >= 0.6 is 0 Å². The molecule has 1 aromatic carbocycles. The van der Waals surface area contributed by atoms with Gasteiger partial charge in [-0.05, 0) is 24.5 Å². The molecule has 0 aromatic heterocycles. The zero-order valence-electron chi connectivity index (χ0n) is 10.7. The molecular weight excluding hydrogens is 230 g/mol. The van der Waals surface area contributed by atoms with Gasteiger partial charge in [-0.25, -0.2) is 0 Å². The fraction of sp³-hybridized carbons (Fsp3) is 0.385. The lowest BCUT2D eigenvalue weighted by molar-refractivity contribution is 0.0944. The molecule has 5 heteroatoms. The zero-order chi connectivity index (χ0) is 13.5. The lowest BCUT2D eigenvalue weighted by Gasteiger charge is -2.16. The Hall–Kier alpha value is -2.04. The van der Waals surface area contributed by atoms with E-state index in [0.29, 0.717) is 12.0 Å². The van der Waals surface area contributed by atoms with Gasteiger partial charge in [-0.2, -0.15) is 0 Å². The Morgan fingerprint density at radius 1 is 1.44 bits per heavy atom. The van der Waals surface area contributed by atoms with E-state index >= 15 is 0 Å². The Kier molecular flexibility index (Phi) is 5.17. The monoisotopic (exact) mass is 249 g/mol. The van der Waals surface area contributed by atoms with Crippen molar-refractivity contribution in [2.24, 2.45) is 10.9 Å². The summed E-state index contributed by atoms with van der Waals surface area (Å²) in [5.74, 6) is -0.189. The number of benzene rings is 1. The van der Waals surface area contributed by atoms with Gasteiger partial charge in [0, 0.05) is 5.56 Å². The second kappa shape index (κ2) is 6.64.